The highest BCUT2D eigenvalue weighted by Gasteiger charge is 2.19. The Morgan fingerprint density at radius 2 is 1.50 bits per heavy atom. The second-order valence-electron chi connectivity index (χ2n) is 7.65. The second kappa shape index (κ2) is 9.86. The molecule has 0 aliphatic heterocycles. The molecular formula is C22H29N3O4S. The van der Waals surface area contributed by atoms with Gasteiger partial charge in [-0.25, -0.2) is 13.1 Å². The van der Waals surface area contributed by atoms with Crippen molar-refractivity contribution >= 4 is 33.2 Å². The number of hydrogen-bond acceptors (Lipinski definition) is 4. The molecule has 0 saturated heterocycles. The number of amides is 2. The molecule has 0 fully saturated rings. The van der Waals surface area contributed by atoms with E-state index in [1.54, 1.807) is 52.0 Å². The van der Waals surface area contributed by atoms with Crippen LogP contribution >= 0.6 is 0 Å². The molecule has 0 bridgehead atoms. The minimum Gasteiger partial charge on any atom is -0.326 e. The van der Waals surface area contributed by atoms with E-state index in [1.807, 2.05) is 19.1 Å². The van der Waals surface area contributed by atoms with Gasteiger partial charge in [0, 0.05) is 30.3 Å². The summed E-state index contributed by atoms with van der Waals surface area (Å²) in [6.07, 6.45) is -0.0221. The van der Waals surface area contributed by atoms with Crippen LogP contribution in [0.1, 0.15) is 37.0 Å². The van der Waals surface area contributed by atoms with Crippen LogP contribution in [-0.4, -0.2) is 26.8 Å². The number of carbonyl (C=O) groups is 2. The standard InChI is InChI=1S/C22H29N3O4S/c1-14(2)22(27)25-19-8-6-7-18(13-19)24-20(26)9-10-23-30(28,29)21-16(4)11-15(3)12-17(21)5/h6-8,11-14,23H,9-10H2,1-5H3,(H,24,26)(H,25,27). The molecule has 0 saturated carbocycles. The molecule has 30 heavy (non-hydrogen) atoms. The zero-order valence-electron chi connectivity index (χ0n) is 18.0. The molecule has 0 aliphatic carbocycles. The molecule has 7 nitrogen and oxygen atoms in total. The van der Waals surface area contributed by atoms with Gasteiger partial charge in [0.25, 0.3) is 0 Å². The van der Waals surface area contributed by atoms with Gasteiger partial charge in [-0.05, 0) is 50.1 Å². The van der Waals surface area contributed by atoms with E-state index in [-0.39, 0.29) is 35.6 Å². The molecule has 2 rings (SSSR count). The Balaban J connectivity index is 1.95. The van der Waals surface area contributed by atoms with Gasteiger partial charge in [-0.15, -0.1) is 0 Å². The van der Waals surface area contributed by atoms with E-state index in [9.17, 15) is 18.0 Å². The van der Waals surface area contributed by atoms with Crippen molar-refractivity contribution in [1.82, 2.24) is 4.72 Å². The fourth-order valence-electron chi connectivity index (χ4n) is 3.15. The van der Waals surface area contributed by atoms with Crippen LogP contribution < -0.4 is 15.4 Å². The van der Waals surface area contributed by atoms with Gasteiger partial charge in [0.2, 0.25) is 21.8 Å². The van der Waals surface area contributed by atoms with E-state index in [2.05, 4.69) is 15.4 Å². The molecule has 0 spiro atoms. The summed E-state index contributed by atoms with van der Waals surface area (Å²) < 4.78 is 27.8. The molecular weight excluding hydrogens is 402 g/mol. The van der Waals surface area contributed by atoms with Gasteiger partial charge in [-0.2, -0.15) is 0 Å². The van der Waals surface area contributed by atoms with E-state index in [0.717, 1.165) is 5.56 Å². The van der Waals surface area contributed by atoms with Crippen LogP contribution in [0.3, 0.4) is 0 Å². The van der Waals surface area contributed by atoms with Gasteiger partial charge in [0.15, 0.2) is 0 Å². The molecule has 0 heterocycles. The molecule has 0 atom stereocenters. The molecule has 2 aromatic carbocycles. The van der Waals surface area contributed by atoms with E-state index < -0.39 is 10.0 Å². The van der Waals surface area contributed by atoms with Crippen LogP contribution in [0.5, 0.6) is 0 Å². The maximum atomic E-state index is 12.6. The van der Waals surface area contributed by atoms with Crippen molar-refractivity contribution in [2.45, 2.75) is 45.9 Å². The number of hydrogen-bond donors (Lipinski definition) is 3. The third-order valence-electron chi connectivity index (χ3n) is 4.46. The lowest BCUT2D eigenvalue weighted by atomic mass is 10.1. The fraction of sp³-hybridized carbons (Fsp3) is 0.364. The van der Waals surface area contributed by atoms with Crippen molar-refractivity contribution in [2.24, 2.45) is 5.92 Å². The predicted molar refractivity (Wildman–Crippen MR) is 119 cm³/mol. The highest BCUT2D eigenvalue weighted by atomic mass is 32.2. The van der Waals surface area contributed by atoms with Gasteiger partial charge in [-0.1, -0.05) is 37.6 Å². The Morgan fingerprint density at radius 3 is 2.07 bits per heavy atom. The summed E-state index contributed by atoms with van der Waals surface area (Å²) in [6.45, 7) is 8.99. The Bertz CT molecular complexity index is 1020. The summed E-state index contributed by atoms with van der Waals surface area (Å²) in [5.41, 5.74) is 3.44. The molecule has 0 radical (unpaired) electrons. The van der Waals surface area contributed by atoms with Crippen LogP contribution in [-0.2, 0) is 19.6 Å². The average molecular weight is 432 g/mol. The molecule has 0 unspecified atom stereocenters. The fourth-order valence-corrected chi connectivity index (χ4v) is 4.63. The highest BCUT2D eigenvalue weighted by Crippen LogP contribution is 2.21. The normalized spacial score (nSPS) is 11.4. The van der Waals surface area contributed by atoms with Crippen molar-refractivity contribution < 1.29 is 18.0 Å². The first kappa shape index (κ1) is 23.6. The molecule has 8 heteroatoms. The summed E-state index contributed by atoms with van der Waals surface area (Å²) in [5.74, 6) is -0.603. The lowest BCUT2D eigenvalue weighted by Gasteiger charge is -2.13. The quantitative estimate of drug-likeness (QED) is 0.595. The lowest BCUT2D eigenvalue weighted by molar-refractivity contribution is -0.119. The summed E-state index contributed by atoms with van der Waals surface area (Å²) in [7, 11) is -3.71. The third kappa shape index (κ3) is 6.40. The van der Waals surface area contributed by atoms with Gasteiger partial charge in [-0.3, -0.25) is 9.59 Å². The SMILES string of the molecule is Cc1cc(C)c(S(=O)(=O)NCCC(=O)Nc2cccc(NC(=O)C(C)C)c2)c(C)c1. The molecule has 3 N–H and O–H groups in total. The summed E-state index contributed by atoms with van der Waals surface area (Å²) in [6, 6.07) is 10.4. The number of sulfonamides is 1. The minimum atomic E-state index is -3.71. The maximum Gasteiger partial charge on any atom is 0.241 e. The van der Waals surface area contributed by atoms with Crippen LogP contribution in [0.4, 0.5) is 11.4 Å². The number of rotatable bonds is 8. The lowest BCUT2D eigenvalue weighted by Crippen LogP contribution is -2.29. The predicted octanol–water partition coefficient (Wildman–Crippen LogP) is 3.51. The van der Waals surface area contributed by atoms with Crippen molar-refractivity contribution in [3.8, 4) is 0 Å². The highest BCUT2D eigenvalue weighted by molar-refractivity contribution is 7.89. The van der Waals surface area contributed by atoms with Crippen molar-refractivity contribution in [3.05, 3.63) is 53.1 Å². The summed E-state index contributed by atoms with van der Waals surface area (Å²) in [5, 5.41) is 5.48. The Hall–Kier alpha value is -2.71. The van der Waals surface area contributed by atoms with Gasteiger partial charge < -0.3 is 10.6 Å². The van der Waals surface area contributed by atoms with Gasteiger partial charge in [0.1, 0.15) is 0 Å². The number of carbonyl (C=O) groups excluding carboxylic acids is 2. The average Bonchev–Trinajstić information content (AvgIpc) is 2.60. The van der Waals surface area contributed by atoms with E-state index in [1.165, 1.54) is 0 Å². The molecule has 2 amide bonds. The molecule has 2 aromatic rings. The monoisotopic (exact) mass is 431 g/mol. The third-order valence-corrected chi connectivity index (χ3v) is 6.22. The van der Waals surface area contributed by atoms with Crippen LogP contribution in [0.25, 0.3) is 0 Å². The van der Waals surface area contributed by atoms with Crippen LogP contribution in [0, 0.1) is 26.7 Å². The Kier molecular flexibility index (Phi) is 7.75. The Morgan fingerprint density at radius 1 is 0.933 bits per heavy atom. The van der Waals surface area contributed by atoms with Crippen LogP contribution in [0.15, 0.2) is 41.3 Å². The summed E-state index contributed by atoms with van der Waals surface area (Å²) >= 11 is 0. The zero-order valence-corrected chi connectivity index (χ0v) is 18.8. The van der Waals surface area contributed by atoms with E-state index in [4.69, 9.17) is 0 Å². The molecule has 162 valence electrons. The van der Waals surface area contributed by atoms with Crippen LogP contribution in [0.2, 0.25) is 0 Å². The molecule has 0 aromatic heterocycles. The molecule has 0 aliphatic rings. The second-order valence-corrected chi connectivity index (χ2v) is 9.35. The zero-order chi connectivity index (χ0) is 22.5. The van der Waals surface area contributed by atoms with Crippen molar-refractivity contribution in [3.63, 3.8) is 0 Å². The maximum absolute atomic E-state index is 12.6. The van der Waals surface area contributed by atoms with Gasteiger partial charge >= 0.3 is 0 Å². The number of aryl methyl sites for hydroxylation is 3. The van der Waals surface area contributed by atoms with Crippen molar-refractivity contribution in [1.29, 1.82) is 0 Å². The number of nitrogens with one attached hydrogen (secondary N) is 3. The number of benzene rings is 2. The Labute approximate surface area is 178 Å². The van der Waals surface area contributed by atoms with E-state index in [0.29, 0.717) is 22.5 Å². The van der Waals surface area contributed by atoms with Gasteiger partial charge in [0.05, 0.1) is 4.90 Å². The first-order chi connectivity index (χ1) is 14.0. The summed E-state index contributed by atoms with van der Waals surface area (Å²) in [4.78, 5) is 24.3. The largest absolute Gasteiger partial charge is 0.326 e. The number of anilines is 2. The first-order valence-corrected chi connectivity index (χ1v) is 11.3. The minimum absolute atomic E-state index is 0.0221. The smallest absolute Gasteiger partial charge is 0.241 e. The first-order valence-electron chi connectivity index (χ1n) is 9.78. The van der Waals surface area contributed by atoms with E-state index >= 15 is 0 Å². The topological polar surface area (TPSA) is 104 Å². The van der Waals surface area contributed by atoms with Crippen molar-refractivity contribution in [2.75, 3.05) is 17.2 Å².